The lowest BCUT2D eigenvalue weighted by atomic mass is 9.71. The van der Waals surface area contributed by atoms with Gasteiger partial charge in [-0.25, -0.2) is 0 Å². The molecule has 0 aliphatic heterocycles. The van der Waals surface area contributed by atoms with Gasteiger partial charge in [0.25, 0.3) is 0 Å². The molecule has 0 amide bonds. The summed E-state index contributed by atoms with van der Waals surface area (Å²) in [6.45, 7) is 9.47. The largest absolute Gasteiger partial charge is 0.494 e. The van der Waals surface area contributed by atoms with E-state index in [0.717, 1.165) is 30.6 Å². The zero-order valence-electron chi connectivity index (χ0n) is 18.6. The minimum Gasteiger partial charge on any atom is -0.494 e. The van der Waals surface area contributed by atoms with E-state index >= 15 is 0 Å². The van der Waals surface area contributed by atoms with Crippen LogP contribution < -0.4 is 4.74 Å². The Kier molecular flexibility index (Phi) is 11.4. The van der Waals surface area contributed by atoms with Crippen LogP contribution in [0.5, 0.6) is 5.75 Å². The van der Waals surface area contributed by atoms with Crippen LogP contribution in [-0.4, -0.2) is 6.61 Å². The van der Waals surface area contributed by atoms with Crippen molar-refractivity contribution in [1.82, 2.24) is 0 Å². The lowest BCUT2D eigenvalue weighted by molar-refractivity contribution is 0.232. The molecular formula is C27H44O. The topological polar surface area (TPSA) is 9.23 Å². The van der Waals surface area contributed by atoms with Crippen LogP contribution in [0.2, 0.25) is 0 Å². The molecule has 0 bridgehead atoms. The maximum Gasteiger partial charge on any atom is 0.119 e. The number of hydrogen-bond donors (Lipinski definition) is 0. The lowest BCUT2D eigenvalue weighted by Crippen LogP contribution is -2.20. The summed E-state index contributed by atoms with van der Waals surface area (Å²) in [5.41, 5.74) is 1.48. The monoisotopic (exact) mass is 384 g/mol. The highest BCUT2D eigenvalue weighted by molar-refractivity contribution is 5.30. The maximum absolute atomic E-state index is 5.97. The fourth-order valence-electron chi connectivity index (χ4n) is 4.95. The Morgan fingerprint density at radius 2 is 1.61 bits per heavy atom. The molecule has 1 nitrogen and oxygen atoms in total. The number of unbranched alkanes of at least 4 members (excludes halogenated alkanes) is 5. The first kappa shape index (κ1) is 23.0. The Bertz CT molecular complexity index is 510. The molecule has 28 heavy (non-hydrogen) atoms. The predicted octanol–water partition coefficient (Wildman–Crippen LogP) is 8.69. The van der Waals surface area contributed by atoms with Gasteiger partial charge in [-0.2, -0.15) is 0 Å². The van der Waals surface area contributed by atoms with E-state index in [-0.39, 0.29) is 0 Å². The van der Waals surface area contributed by atoms with Gasteiger partial charge in [-0.15, -0.1) is 6.58 Å². The molecule has 1 aromatic rings. The van der Waals surface area contributed by atoms with E-state index < -0.39 is 0 Å². The van der Waals surface area contributed by atoms with Crippen LogP contribution in [0.15, 0.2) is 36.9 Å². The first-order valence-electron chi connectivity index (χ1n) is 12.1. The molecule has 158 valence electrons. The molecule has 0 heterocycles. The summed E-state index contributed by atoms with van der Waals surface area (Å²) in [5, 5.41) is 0. The average molecular weight is 385 g/mol. The fourth-order valence-corrected chi connectivity index (χ4v) is 4.95. The van der Waals surface area contributed by atoms with Crippen molar-refractivity contribution in [2.45, 2.75) is 103 Å². The molecule has 1 unspecified atom stereocenters. The molecule has 1 heteroatoms. The Hall–Kier alpha value is -1.24. The van der Waals surface area contributed by atoms with Crippen molar-refractivity contribution in [3.05, 3.63) is 42.5 Å². The molecular weight excluding hydrogens is 340 g/mol. The molecule has 1 atom stereocenters. The molecule has 1 fully saturated rings. The molecule has 0 aromatic heterocycles. The minimum absolute atomic E-state index is 0.632. The average Bonchev–Trinajstić information content (AvgIpc) is 2.73. The first-order chi connectivity index (χ1) is 13.8. The van der Waals surface area contributed by atoms with Gasteiger partial charge in [0.05, 0.1) is 6.61 Å². The van der Waals surface area contributed by atoms with Crippen molar-refractivity contribution in [3.63, 3.8) is 0 Å². The third-order valence-corrected chi connectivity index (χ3v) is 6.65. The van der Waals surface area contributed by atoms with Crippen LogP contribution in [0.3, 0.4) is 0 Å². The molecule has 0 saturated heterocycles. The molecule has 1 aliphatic carbocycles. The number of allylic oxidation sites excluding steroid dienone is 1. The smallest absolute Gasteiger partial charge is 0.119 e. The number of benzene rings is 1. The number of ether oxygens (including phenoxy) is 1. The van der Waals surface area contributed by atoms with Gasteiger partial charge in [0.15, 0.2) is 0 Å². The Labute approximate surface area is 175 Å². The molecule has 1 aliphatic rings. The summed E-state index contributed by atoms with van der Waals surface area (Å²) in [6, 6.07) is 8.99. The van der Waals surface area contributed by atoms with Crippen molar-refractivity contribution >= 4 is 0 Å². The van der Waals surface area contributed by atoms with Crippen molar-refractivity contribution in [2.24, 2.45) is 11.8 Å². The van der Waals surface area contributed by atoms with Gasteiger partial charge in [0.1, 0.15) is 5.75 Å². The third kappa shape index (κ3) is 8.02. The van der Waals surface area contributed by atoms with Crippen molar-refractivity contribution in [3.8, 4) is 5.75 Å². The highest BCUT2D eigenvalue weighted by atomic mass is 16.5. The van der Waals surface area contributed by atoms with Crippen molar-refractivity contribution < 1.29 is 4.74 Å². The zero-order chi connectivity index (χ0) is 20.0. The highest BCUT2D eigenvalue weighted by Crippen LogP contribution is 2.41. The van der Waals surface area contributed by atoms with E-state index in [1.165, 1.54) is 82.6 Å². The summed E-state index contributed by atoms with van der Waals surface area (Å²) in [6.07, 6.45) is 19.5. The molecule has 1 saturated carbocycles. The maximum atomic E-state index is 5.97. The van der Waals surface area contributed by atoms with Crippen LogP contribution in [0, 0.1) is 11.8 Å². The van der Waals surface area contributed by atoms with Crippen molar-refractivity contribution in [1.29, 1.82) is 0 Å². The quantitative estimate of drug-likeness (QED) is 0.230. The highest BCUT2D eigenvalue weighted by Gasteiger charge is 2.27. The van der Waals surface area contributed by atoms with Crippen LogP contribution in [0.4, 0.5) is 0 Å². The SMILES string of the molecule is C=CCC(c1ccc(OCCCCCCCC)cc1)[C@H]1CC[C@H](CCC)CC1. The van der Waals surface area contributed by atoms with E-state index in [0.29, 0.717) is 5.92 Å². The second-order valence-corrected chi connectivity index (χ2v) is 8.89. The summed E-state index contributed by atoms with van der Waals surface area (Å²) < 4.78 is 5.97. The van der Waals surface area contributed by atoms with Crippen molar-refractivity contribution in [2.75, 3.05) is 6.61 Å². The minimum atomic E-state index is 0.632. The summed E-state index contributed by atoms with van der Waals surface area (Å²) >= 11 is 0. The fraction of sp³-hybridized carbons (Fsp3) is 0.704. The first-order valence-corrected chi connectivity index (χ1v) is 12.1. The molecule has 0 spiro atoms. The van der Waals surface area contributed by atoms with Gasteiger partial charge in [-0.1, -0.05) is 89.8 Å². The van der Waals surface area contributed by atoms with E-state index in [9.17, 15) is 0 Å². The second kappa shape index (κ2) is 13.9. The van der Waals surface area contributed by atoms with Crippen LogP contribution >= 0.6 is 0 Å². The Morgan fingerprint density at radius 1 is 0.929 bits per heavy atom. The lowest BCUT2D eigenvalue weighted by Gasteiger charge is -2.34. The van der Waals surface area contributed by atoms with E-state index in [4.69, 9.17) is 4.74 Å². The van der Waals surface area contributed by atoms with E-state index in [2.05, 4.69) is 50.8 Å². The summed E-state index contributed by atoms with van der Waals surface area (Å²) in [7, 11) is 0. The third-order valence-electron chi connectivity index (χ3n) is 6.65. The van der Waals surface area contributed by atoms with E-state index in [1.807, 2.05) is 0 Å². The normalized spacial score (nSPS) is 20.6. The summed E-state index contributed by atoms with van der Waals surface area (Å²) in [4.78, 5) is 0. The molecule has 2 rings (SSSR count). The van der Waals surface area contributed by atoms with Gasteiger partial charge >= 0.3 is 0 Å². The number of rotatable bonds is 14. The van der Waals surface area contributed by atoms with Crippen LogP contribution in [0.1, 0.15) is 109 Å². The molecule has 0 N–H and O–H groups in total. The second-order valence-electron chi connectivity index (χ2n) is 8.89. The molecule has 1 aromatic carbocycles. The van der Waals surface area contributed by atoms with E-state index in [1.54, 1.807) is 0 Å². The van der Waals surface area contributed by atoms with Crippen LogP contribution in [0.25, 0.3) is 0 Å². The standard InChI is InChI=1S/C27H44O/c1-4-7-8-9-10-11-22-28-26-20-18-25(19-21-26)27(13-6-3)24-16-14-23(12-5-2)15-17-24/h6,18-21,23-24,27H,3-5,7-17,22H2,1-2H3/t23-,24-,27?. The van der Waals surface area contributed by atoms with Gasteiger partial charge in [0.2, 0.25) is 0 Å². The summed E-state index contributed by atoms with van der Waals surface area (Å²) in [5.74, 6) is 3.46. The van der Waals surface area contributed by atoms with Gasteiger partial charge in [-0.05, 0) is 61.1 Å². The number of hydrogen-bond acceptors (Lipinski definition) is 1. The zero-order valence-corrected chi connectivity index (χ0v) is 18.6. The molecule has 0 radical (unpaired) electrons. The van der Waals surface area contributed by atoms with Gasteiger partial charge in [-0.3, -0.25) is 0 Å². The Balaban J connectivity index is 1.79. The predicted molar refractivity (Wildman–Crippen MR) is 123 cm³/mol. The van der Waals surface area contributed by atoms with Crippen LogP contribution in [-0.2, 0) is 0 Å². The van der Waals surface area contributed by atoms with Gasteiger partial charge in [0, 0.05) is 0 Å². The Morgan fingerprint density at radius 3 is 2.25 bits per heavy atom. The van der Waals surface area contributed by atoms with Gasteiger partial charge < -0.3 is 4.74 Å².